The van der Waals surface area contributed by atoms with Crippen molar-refractivity contribution in [1.82, 2.24) is 4.90 Å². The van der Waals surface area contributed by atoms with Crippen molar-refractivity contribution in [1.29, 1.82) is 0 Å². The fraction of sp³-hybridized carbons (Fsp3) is 0.500. The molecular weight excluding hydrogens is 292 g/mol. The minimum atomic E-state index is -0.0660. The Morgan fingerprint density at radius 1 is 1.50 bits per heavy atom. The average Bonchev–Trinajstić information content (AvgIpc) is 2.78. The molecule has 2 rings (SSSR count). The molecule has 98 valence electrons. The lowest BCUT2D eigenvalue weighted by molar-refractivity contribution is -0.132. The molecule has 0 bridgehead atoms. The van der Waals surface area contributed by atoms with Crippen LogP contribution in [0.5, 0.6) is 0 Å². The van der Waals surface area contributed by atoms with Gasteiger partial charge < -0.3 is 10.6 Å². The number of hydrogen-bond donors (Lipinski definition) is 1. The topological polar surface area (TPSA) is 46.3 Å². The highest BCUT2D eigenvalue weighted by atomic mass is 79.9. The molecule has 2 N–H and O–H groups in total. The van der Waals surface area contributed by atoms with E-state index in [0.29, 0.717) is 6.42 Å². The van der Waals surface area contributed by atoms with E-state index in [1.54, 1.807) is 0 Å². The first-order chi connectivity index (χ1) is 8.58. The molecule has 2 atom stereocenters. The van der Waals surface area contributed by atoms with Gasteiger partial charge in [0.15, 0.2) is 0 Å². The van der Waals surface area contributed by atoms with Crippen LogP contribution in [-0.2, 0) is 4.79 Å². The summed E-state index contributed by atoms with van der Waals surface area (Å²) in [5, 5.41) is 0. The quantitative estimate of drug-likeness (QED) is 0.933. The second-order valence-corrected chi connectivity index (χ2v) is 5.89. The van der Waals surface area contributed by atoms with Gasteiger partial charge in [0.25, 0.3) is 0 Å². The smallest absolute Gasteiger partial charge is 0.224 e. The van der Waals surface area contributed by atoms with Gasteiger partial charge in [-0.05, 0) is 37.5 Å². The summed E-state index contributed by atoms with van der Waals surface area (Å²) < 4.78 is 1.07. The molecule has 1 aromatic carbocycles. The number of carbonyl (C=O) groups excluding carboxylic acids is 1. The minimum Gasteiger partial charge on any atom is -0.336 e. The molecule has 0 aromatic heterocycles. The summed E-state index contributed by atoms with van der Waals surface area (Å²) in [6, 6.07) is 8.40. The molecule has 1 saturated heterocycles. The van der Waals surface area contributed by atoms with E-state index in [1.807, 2.05) is 24.0 Å². The summed E-state index contributed by atoms with van der Waals surface area (Å²) in [6.07, 6.45) is 2.56. The van der Waals surface area contributed by atoms with Gasteiger partial charge >= 0.3 is 0 Å². The molecule has 4 heteroatoms. The van der Waals surface area contributed by atoms with Crippen LogP contribution in [0, 0.1) is 0 Å². The summed E-state index contributed by atoms with van der Waals surface area (Å²) in [5.74, 6) is 0.176. The zero-order valence-electron chi connectivity index (χ0n) is 10.6. The van der Waals surface area contributed by atoms with Gasteiger partial charge in [0, 0.05) is 23.5 Å². The number of rotatable bonds is 3. The maximum absolute atomic E-state index is 12.1. The fourth-order valence-electron chi connectivity index (χ4n) is 2.49. The first-order valence-electron chi connectivity index (χ1n) is 6.38. The zero-order valence-corrected chi connectivity index (χ0v) is 12.2. The minimum absolute atomic E-state index is 0.0660. The SMILES string of the molecule is CC(N)CC(=O)N1CCCC1c1ccc(Br)cc1. The van der Waals surface area contributed by atoms with Crippen LogP contribution in [0.1, 0.15) is 37.8 Å². The molecule has 0 radical (unpaired) electrons. The highest BCUT2D eigenvalue weighted by molar-refractivity contribution is 9.10. The molecule has 0 saturated carbocycles. The Balaban J connectivity index is 2.12. The van der Waals surface area contributed by atoms with Gasteiger partial charge in [-0.1, -0.05) is 28.1 Å². The van der Waals surface area contributed by atoms with Gasteiger partial charge in [-0.15, -0.1) is 0 Å². The van der Waals surface area contributed by atoms with Crippen LogP contribution in [-0.4, -0.2) is 23.4 Å². The summed E-state index contributed by atoms with van der Waals surface area (Å²) in [7, 11) is 0. The Morgan fingerprint density at radius 2 is 2.17 bits per heavy atom. The van der Waals surface area contributed by atoms with E-state index in [2.05, 4.69) is 28.1 Å². The number of nitrogens with zero attached hydrogens (tertiary/aromatic N) is 1. The summed E-state index contributed by atoms with van der Waals surface area (Å²) in [5.41, 5.74) is 6.93. The standard InChI is InChI=1S/C14H19BrN2O/c1-10(16)9-14(18)17-8-2-3-13(17)11-4-6-12(15)7-5-11/h4-7,10,13H,2-3,8-9,16H2,1H3. The van der Waals surface area contributed by atoms with Crippen molar-refractivity contribution in [3.05, 3.63) is 34.3 Å². The highest BCUT2D eigenvalue weighted by Gasteiger charge is 2.29. The van der Waals surface area contributed by atoms with Crippen LogP contribution in [0.4, 0.5) is 0 Å². The van der Waals surface area contributed by atoms with Crippen molar-refractivity contribution < 1.29 is 4.79 Å². The predicted octanol–water partition coefficient (Wildman–Crippen LogP) is 2.85. The third-order valence-corrected chi connectivity index (χ3v) is 3.85. The third kappa shape index (κ3) is 3.12. The summed E-state index contributed by atoms with van der Waals surface area (Å²) in [4.78, 5) is 14.1. The van der Waals surface area contributed by atoms with E-state index in [4.69, 9.17) is 5.73 Å². The first-order valence-corrected chi connectivity index (χ1v) is 7.17. The van der Waals surface area contributed by atoms with Crippen molar-refractivity contribution in [2.75, 3.05) is 6.54 Å². The molecule has 1 aromatic rings. The molecule has 2 unspecified atom stereocenters. The van der Waals surface area contributed by atoms with E-state index in [-0.39, 0.29) is 18.0 Å². The van der Waals surface area contributed by atoms with Crippen molar-refractivity contribution in [3.8, 4) is 0 Å². The maximum Gasteiger partial charge on any atom is 0.224 e. The number of amides is 1. The van der Waals surface area contributed by atoms with Gasteiger partial charge in [0.2, 0.25) is 5.91 Å². The van der Waals surface area contributed by atoms with E-state index in [9.17, 15) is 4.79 Å². The van der Waals surface area contributed by atoms with Crippen LogP contribution in [0.2, 0.25) is 0 Å². The van der Waals surface area contributed by atoms with Crippen LogP contribution in [0.15, 0.2) is 28.7 Å². The van der Waals surface area contributed by atoms with E-state index >= 15 is 0 Å². The Kier molecular flexibility index (Phi) is 4.40. The largest absolute Gasteiger partial charge is 0.336 e. The number of hydrogen-bond acceptors (Lipinski definition) is 2. The molecule has 1 heterocycles. The van der Waals surface area contributed by atoms with Crippen LogP contribution < -0.4 is 5.73 Å². The van der Waals surface area contributed by atoms with E-state index in [1.165, 1.54) is 5.56 Å². The summed E-state index contributed by atoms with van der Waals surface area (Å²) in [6.45, 7) is 2.73. The zero-order chi connectivity index (χ0) is 13.1. The lowest BCUT2D eigenvalue weighted by Crippen LogP contribution is -2.34. The molecular formula is C14H19BrN2O. The number of likely N-dealkylation sites (tertiary alicyclic amines) is 1. The van der Waals surface area contributed by atoms with Crippen molar-refractivity contribution >= 4 is 21.8 Å². The first kappa shape index (κ1) is 13.6. The monoisotopic (exact) mass is 310 g/mol. The van der Waals surface area contributed by atoms with Crippen molar-refractivity contribution in [3.63, 3.8) is 0 Å². The number of benzene rings is 1. The Morgan fingerprint density at radius 3 is 2.78 bits per heavy atom. The van der Waals surface area contributed by atoms with Gasteiger partial charge in [-0.25, -0.2) is 0 Å². The van der Waals surface area contributed by atoms with Gasteiger partial charge in [-0.2, -0.15) is 0 Å². The normalized spacial score (nSPS) is 21.1. The average molecular weight is 311 g/mol. The molecule has 1 aliphatic heterocycles. The second-order valence-electron chi connectivity index (χ2n) is 4.98. The van der Waals surface area contributed by atoms with Crippen LogP contribution >= 0.6 is 15.9 Å². The summed E-state index contributed by atoms with van der Waals surface area (Å²) >= 11 is 3.43. The van der Waals surface area contributed by atoms with Gasteiger partial charge in [-0.3, -0.25) is 4.79 Å². The van der Waals surface area contributed by atoms with Crippen molar-refractivity contribution in [2.45, 2.75) is 38.3 Å². The lowest BCUT2D eigenvalue weighted by Gasteiger charge is -2.26. The Bertz CT molecular complexity index is 416. The molecule has 1 aliphatic rings. The van der Waals surface area contributed by atoms with E-state index < -0.39 is 0 Å². The molecule has 1 fully saturated rings. The number of halogens is 1. The lowest BCUT2D eigenvalue weighted by atomic mass is 10.0. The van der Waals surface area contributed by atoms with Gasteiger partial charge in [0.1, 0.15) is 0 Å². The third-order valence-electron chi connectivity index (χ3n) is 3.32. The Labute approximate surface area is 116 Å². The fourth-order valence-corrected chi connectivity index (χ4v) is 2.75. The molecule has 3 nitrogen and oxygen atoms in total. The van der Waals surface area contributed by atoms with E-state index in [0.717, 1.165) is 23.9 Å². The number of nitrogens with two attached hydrogens (primary N) is 1. The highest BCUT2D eigenvalue weighted by Crippen LogP contribution is 2.32. The van der Waals surface area contributed by atoms with Crippen LogP contribution in [0.25, 0.3) is 0 Å². The molecule has 18 heavy (non-hydrogen) atoms. The molecule has 0 spiro atoms. The number of carbonyl (C=O) groups is 1. The molecule has 1 amide bonds. The Hall–Kier alpha value is -0.870. The predicted molar refractivity (Wildman–Crippen MR) is 76.1 cm³/mol. The second kappa shape index (κ2) is 5.85. The molecule has 0 aliphatic carbocycles. The maximum atomic E-state index is 12.1. The van der Waals surface area contributed by atoms with Crippen molar-refractivity contribution in [2.24, 2.45) is 5.73 Å². The van der Waals surface area contributed by atoms with Crippen LogP contribution in [0.3, 0.4) is 0 Å². The van der Waals surface area contributed by atoms with Gasteiger partial charge in [0.05, 0.1) is 6.04 Å².